The first-order valence-corrected chi connectivity index (χ1v) is 12.1. The Bertz CT molecular complexity index is 1290. The number of halogens is 1. The van der Waals surface area contributed by atoms with Crippen LogP contribution < -0.4 is 5.32 Å². The molecule has 1 atom stereocenters. The van der Waals surface area contributed by atoms with E-state index in [1.54, 1.807) is 0 Å². The highest BCUT2D eigenvalue weighted by Crippen LogP contribution is 2.29. The van der Waals surface area contributed by atoms with Crippen LogP contribution in [0, 0.1) is 0 Å². The van der Waals surface area contributed by atoms with E-state index in [9.17, 15) is 4.79 Å². The van der Waals surface area contributed by atoms with Gasteiger partial charge in [-0.05, 0) is 36.2 Å². The van der Waals surface area contributed by atoms with E-state index in [0.29, 0.717) is 0 Å². The van der Waals surface area contributed by atoms with E-state index in [4.69, 9.17) is 4.98 Å². The van der Waals surface area contributed by atoms with Gasteiger partial charge in [0, 0.05) is 47.2 Å². The second-order valence-electron chi connectivity index (χ2n) is 8.62. The molecular weight excluding hydrogens is 474 g/mol. The molecule has 1 amide bonds. The molecule has 1 aliphatic heterocycles. The maximum atomic E-state index is 13.7. The molecule has 5 rings (SSSR count). The number of carbonyl (C=O) groups excluding carboxylic acids is 1. The van der Waals surface area contributed by atoms with E-state index < -0.39 is 0 Å². The molecule has 0 aliphatic carbocycles. The van der Waals surface area contributed by atoms with Crippen molar-refractivity contribution >= 4 is 32.7 Å². The largest absolute Gasteiger partial charge is 0.345 e. The molecule has 0 saturated carbocycles. The van der Waals surface area contributed by atoms with Crippen LogP contribution >= 0.6 is 15.9 Å². The summed E-state index contributed by atoms with van der Waals surface area (Å²) in [5.41, 5.74) is 6.09. The Morgan fingerprint density at radius 2 is 1.76 bits per heavy atom. The molecule has 1 aromatic heterocycles. The summed E-state index contributed by atoms with van der Waals surface area (Å²) in [7, 11) is 0. The predicted molar refractivity (Wildman–Crippen MR) is 136 cm³/mol. The number of nitrogens with one attached hydrogen (secondary N) is 1. The SMILES string of the molecule is CC(NC(=O)c1c2c(nc3ccccc13)CCN(Cc1ccccc1)C2)c1ccc(Br)cc1. The zero-order chi connectivity index (χ0) is 22.8. The number of fused-ring (bicyclic) bond motifs is 2. The monoisotopic (exact) mass is 499 g/mol. The van der Waals surface area contributed by atoms with E-state index in [1.807, 2.05) is 61.5 Å². The lowest BCUT2D eigenvalue weighted by Gasteiger charge is -2.30. The summed E-state index contributed by atoms with van der Waals surface area (Å²) < 4.78 is 1.03. The summed E-state index contributed by atoms with van der Waals surface area (Å²) in [4.78, 5) is 21.0. The molecule has 1 aliphatic rings. The first kappa shape index (κ1) is 21.8. The third kappa shape index (κ3) is 4.70. The van der Waals surface area contributed by atoms with Gasteiger partial charge in [-0.3, -0.25) is 14.7 Å². The van der Waals surface area contributed by atoms with Crippen molar-refractivity contribution in [2.45, 2.75) is 32.5 Å². The molecule has 2 heterocycles. The lowest BCUT2D eigenvalue weighted by atomic mass is 9.94. The fourth-order valence-corrected chi connectivity index (χ4v) is 4.85. The van der Waals surface area contributed by atoms with Gasteiger partial charge in [-0.25, -0.2) is 0 Å². The number of amides is 1. The molecular formula is C28H26BrN3O. The molecule has 4 aromatic rings. The van der Waals surface area contributed by atoms with E-state index in [-0.39, 0.29) is 11.9 Å². The van der Waals surface area contributed by atoms with Crippen LogP contribution in [0.25, 0.3) is 10.9 Å². The molecule has 0 fully saturated rings. The number of pyridine rings is 1. The topological polar surface area (TPSA) is 45.2 Å². The molecule has 3 aromatic carbocycles. The molecule has 1 N–H and O–H groups in total. The van der Waals surface area contributed by atoms with Crippen molar-refractivity contribution in [3.05, 3.63) is 111 Å². The van der Waals surface area contributed by atoms with Crippen LogP contribution in [0.4, 0.5) is 0 Å². The molecule has 5 heteroatoms. The highest BCUT2D eigenvalue weighted by Gasteiger charge is 2.26. The Hall–Kier alpha value is -3.02. The summed E-state index contributed by atoms with van der Waals surface area (Å²) in [5.74, 6) is -0.0400. The van der Waals surface area contributed by atoms with E-state index >= 15 is 0 Å². The predicted octanol–water partition coefficient (Wildman–Crippen LogP) is 6.05. The van der Waals surface area contributed by atoms with Gasteiger partial charge in [0.25, 0.3) is 5.91 Å². The molecule has 4 nitrogen and oxygen atoms in total. The van der Waals surface area contributed by atoms with Gasteiger partial charge in [0.15, 0.2) is 0 Å². The minimum atomic E-state index is -0.0998. The van der Waals surface area contributed by atoms with Crippen molar-refractivity contribution in [1.82, 2.24) is 15.2 Å². The minimum absolute atomic E-state index is 0.0400. The first-order chi connectivity index (χ1) is 16.1. The van der Waals surface area contributed by atoms with Crippen molar-refractivity contribution in [3.63, 3.8) is 0 Å². The number of hydrogen-bond acceptors (Lipinski definition) is 3. The molecule has 0 radical (unpaired) electrons. The van der Waals surface area contributed by atoms with Crippen LogP contribution in [0.15, 0.2) is 83.3 Å². The molecule has 33 heavy (non-hydrogen) atoms. The Morgan fingerprint density at radius 1 is 1.03 bits per heavy atom. The van der Waals surface area contributed by atoms with Gasteiger partial charge in [0.1, 0.15) is 0 Å². The van der Waals surface area contributed by atoms with Crippen LogP contribution in [0.5, 0.6) is 0 Å². The van der Waals surface area contributed by atoms with E-state index in [1.165, 1.54) is 5.56 Å². The number of benzene rings is 3. The van der Waals surface area contributed by atoms with Gasteiger partial charge in [0.05, 0.1) is 17.1 Å². The number of hydrogen-bond donors (Lipinski definition) is 1. The quantitative estimate of drug-likeness (QED) is 0.363. The summed E-state index contributed by atoms with van der Waals surface area (Å²) in [6.45, 7) is 4.54. The fourth-order valence-electron chi connectivity index (χ4n) is 4.59. The van der Waals surface area contributed by atoms with Gasteiger partial charge in [-0.1, -0.05) is 76.6 Å². The average Bonchev–Trinajstić information content (AvgIpc) is 2.83. The zero-order valence-corrected chi connectivity index (χ0v) is 20.2. The molecule has 0 spiro atoms. The normalized spacial score (nSPS) is 14.6. The Kier molecular flexibility index (Phi) is 6.25. The van der Waals surface area contributed by atoms with Crippen molar-refractivity contribution in [2.24, 2.45) is 0 Å². The van der Waals surface area contributed by atoms with Gasteiger partial charge >= 0.3 is 0 Å². The number of nitrogens with zero attached hydrogens (tertiary/aromatic N) is 2. The molecule has 0 saturated heterocycles. The number of carbonyl (C=O) groups is 1. The Labute approximate surface area is 202 Å². The average molecular weight is 500 g/mol. The van der Waals surface area contributed by atoms with Crippen molar-refractivity contribution < 1.29 is 4.79 Å². The maximum absolute atomic E-state index is 13.7. The van der Waals surface area contributed by atoms with Crippen LogP contribution in [0.1, 0.15) is 45.7 Å². The van der Waals surface area contributed by atoms with E-state index in [2.05, 4.69) is 50.4 Å². The lowest BCUT2D eigenvalue weighted by molar-refractivity contribution is 0.0938. The van der Waals surface area contributed by atoms with Gasteiger partial charge in [-0.15, -0.1) is 0 Å². The summed E-state index contributed by atoms with van der Waals surface area (Å²) in [5, 5.41) is 4.15. The van der Waals surface area contributed by atoms with Crippen LogP contribution in [-0.2, 0) is 19.5 Å². The van der Waals surface area contributed by atoms with Crippen molar-refractivity contribution in [1.29, 1.82) is 0 Å². The van der Waals surface area contributed by atoms with Gasteiger partial charge in [-0.2, -0.15) is 0 Å². The maximum Gasteiger partial charge on any atom is 0.252 e. The molecule has 1 unspecified atom stereocenters. The summed E-state index contributed by atoms with van der Waals surface area (Å²) in [6.07, 6.45) is 0.843. The fraction of sp³-hybridized carbons (Fsp3) is 0.214. The second-order valence-corrected chi connectivity index (χ2v) is 9.54. The summed E-state index contributed by atoms with van der Waals surface area (Å²) in [6, 6.07) is 26.5. The standard InChI is InChI=1S/C28H26BrN3O/c1-19(21-11-13-22(29)14-12-21)30-28(33)27-23-9-5-6-10-25(23)31-26-15-16-32(18-24(26)27)17-20-7-3-2-4-8-20/h2-14,19H,15-18H2,1H3,(H,30,33). The third-order valence-electron chi connectivity index (χ3n) is 6.32. The van der Waals surface area contributed by atoms with E-state index in [0.717, 1.165) is 63.8 Å². The first-order valence-electron chi connectivity index (χ1n) is 11.3. The minimum Gasteiger partial charge on any atom is -0.345 e. The van der Waals surface area contributed by atoms with Gasteiger partial charge < -0.3 is 5.32 Å². The molecule has 0 bridgehead atoms. The van der Waals surface area contributed by atoms with Crippen molar-refractivity contribution in [3.8, 4) is 0 Å². The lowest BCUT2D eigenvalue weighted by Crippen LogP contribution is -2.34. The summed E-state index contributed by atoms with van der Waals surface area (Å²) >= 11 is 3.48. The van der Waals surface area contributed by atoms with Crippen LogP contribution in [0.2, 0.25) is 0 Å². The highest BCUT2D eigenvalue weighted by atomic mass is 79.9. The van der Waals surface area contributed by atoms with Crippen LogP contribution in [0.3, 0.4) is 0 Å². The molecule has 166 valence electrons. The highest BCUT2D eigenvalue weighted by molar-refractivity contribution is 9.10. The smallest absolute Gasteiger partial charge is 0.252 e. The second kappa shape index (κ2) is 9.46. The Morgan fingerprint density at radius 3 is 2.55 bits per heavy atom. The Balaban J connectivity index is 1.48. The zero-order valence-electron chi connectivity index (χ0n) is 18.6. The number of para-hydroxylation sites is 1. The van der Waals surface area contributed by atoms with Crippen molar-refractivity contribution in [2.75, 3.05) is 6.54 Å². The third-order valence-corrected chi connectivity index (χ3v) is 6.85. The number of rotatable bonds is 5. The van der Waals surface area contributed by atoms with Gasteiger partial charge in [0.2, 0.25) is 0 Å². The number of aromatic nitrogens is 1. The van der Waals surface area contributed by atoms with Crippen LogP contribution in [-0.4, -0.2) is 22.3 Å².